The number of halogens is 1. The summed E-state index contributed by atoms with van der Waals surface area (Å²) in [5.41, 5.74) is 7.10. The zero-order valence-electron chi connectivity index (χ0n) is 11.1. The number of rotatable bonds is 5. The average Bonchev–Trinajstić information content (AvgIpc) is 2.34. The van der Waals surface area contributed by atoms with E-state index in [1.807, 2.05) is 19.1 Å². The molecule has 5 nitrogen and oxygen atoms in total. The molecule has 106 valence electrons. The monoisotopic (exact) mass is 285 g/mol. The van der Waals surface area contributed by atoms with Crippen LogP contribution in [-0.2, 0) is 4.79 Å². The summed E-state index contributed by atoms with van der Waals surface area (Å²) in [6.45, 7) is 4.33. The van der Waals surface area contributed by atoms with E-state index in [2.05, 4.69) is 10.6 Å². The highest BCUT2D eigenvalue weighted by molar-refractivity contribution is 5.94. The molecule has 0 radical (unpaired) electrons. The fraction of sp³-hybridized carbons (Fsp3) is 0.385. The van der Waals surface area contributed by atoms with Crippen LogP contribution < -0.4 is 16.4 Å². The first-order valence-corrected chi connectivity index (χ1v) is 5.89. The molecule has 2 amide bonds. The summed E-state index contributed by atoms with van der Waals surface area (Å²) in [7, 11) is 0. The van der Waals surface area contributed by atoms with Crippen LogP contribution >= 0.6 is 12.4 Å². The summed E-state index contributed by atoms with van der Waals surface area (Å²) in [6, 6.07) is 6.77. The molecule has 0 spiro atoms. The van der Waals surface area contributed by atoms with Crippen LogP contribution in [0.25, 0.3) is 0 Å². The molecular weight excluding hydrogens is 266 g/mol. The van der Waals surface area contributed by atoms with Crippen LogP contribution in [0.3, 0.4) is 0 Å². The molecule has 1 atom stereocenters. The van der Waals surface area contributed by atoms with Gasteiger partial charge in [-0.2, -0.15) is 0 Å². The third-order valence-corrected chi connectivity index (χ3v) is 2.44. The van der Waals surface area contributed by atoms with Gasteiger partial charge in [0.1, 0.15) is 0 Å². The Morgan fingerprint density at radius 3 is 2.21 bits per heavy atom. The van der Waals surface area contributed by atoms with Crippen molar-refractivity contribution in [3.8, 4) is 0 Å². The molecule has 0 saturated carbocycles. The number of hydrogen-bond donors (Lipinski definition) is 3. The number of benzene rings is 1. The van der Waals surface area contributed by atoms with Crippen molar-refractivity contribution in [1.29, 1.82) is 0 Å². The van der Waals surface area contributed by atoms with Gasteiger partial charge in [0, 0.05) is 18.7 Å². The Morgan fingerprint density at radius 1 is 1.16 bits per heavy atom. The number of nitrogens with one attached hydrogen (secondary N) is 2. The number of nitrogens with two attached hydrogens (primary N) is 1. The Balaban J connectivity index is 0.00000324. The first kappa shape index (κ1) is 17.4. The van der Waals surface area contributed by atoms with Crippen molar-refractivity contribution in [3.05, 3.63) is 35.4 Å². The molecule has 0 aliphatic rings. The van der Waals surface area contributed by atoms with Crippen molar-refractivity contribution in [2.24, 2.45) is 5.73 Å². The van der Waals surface area contributed by atoms with Gasteiger partial charge < -0.3 is 16.4 Å². The summed E-state index contributed by atoms with van der Waals surface area (Å²) in [4.78, 5) is 22.8. The molecule has 0 fully saturated rings. The maximum absolute atomic E-state index is 11.7. The van der Waals surface area contributed by atoms with Crippen molar-refractivity contribution < 1.29 is 9.59 Å². The van der Waals surface area contributed by atoms with E-state index >= 15 is 0 Å². The molecule has 0 aliphatic carbocycles. The van der Waals surface area contributed by atoms with E-state index in [9.17, 15) is 9.59 Å². The standard InChI is InChI=1S/C13H19N3O2.ClH/c1-9-3-5-11(6-4-9)13(18)16-8-7-15-12(17)10(2)14;/h3-6,10H,7-8,14H2,1-2H3,(H,15,17)(H,16,18);1H. The molecule has 0 aromatic heterocycles. The smallest absolute Gasteiger partial charge is 0.251 e. The van der Waals surface area contributed by atoms with E-state index in [0.717, 1.165) is 5.56 Å². The van der Waals surface area contributed by atoms with E-state index in [1.54, 1.807) is 19.1 Å². The fourth-order valence-electron chi connectivity index (χ4n) is 1.33. The topological polar surface area (TPSA) is 84.2 Å². The molecule has 1 unspecified atom stereocenters. The Morgan fingerprint density at radius 2 is 1.68 bits per heavy atom. The largest absolute Gasteiger partial charge is 0.353 e. The molecule has 0 aliphatic heterocycles. The lowest BCUT2D eigenvalue weighted by molar-refractivity contribution is -0.121. The van der Waals surface area contributed by atoms with E-state index in [4.69, 9.17) is 5.73 Å². The first-order chi connectivity index (χ1) is 8.50. The number of hydrogen-bond acceptors (Lipinski definition) is 3. The summed E-state index contributed by atoms with van der Waals surface area (Å²) in [6.07, 6.45) is 0. The second-order valence-corrected chi connectivity index (χ2v) is 4.20. The van der Waals surface area contributed by atoms with Gasteiger partial charge in [0.25, 0.3) is 5.91 Å². The predicted octanol–water partition coefficient (Wildman–Crippen LogP) is 0.610. The third-order valence-electron chi connectivity index (χ3n) is 2.44. The lowest BCUT2D eigenvalue weighted by Gasteiger charge is -2.08. The highest BCUT2D eigenvalue weighted by Crippen LogP contribution is 2.02. The zero-order chi connectivity index (χ0) is 13.5. The van der Waals surface area contributed by atoms with Crippen LogP contribution in [0.2, 0.25) is 0 Å². The maximum atomic E-state index is 11.7. The fourth-order valence-corrected chi connectivity index (χ4v) is 1.33. The summed E-state index contributed by atoms with van der Waals surface area (Å²) >= 11 is 0. The quantitative estimate of drug-likeness (QED) is 0.693. The Labute approximate surface area is 119 Å². The summed E-state index contributed by atoms with van der Waals surface area (Å²) < 4.78 is 0. The van der Waals surface area contributed by atoms with Crippen molar-refractivity contribution in [2.45, 2.75) is 19.9 Å². The van der Waals surface area contributed by atoms with E-state index in [1.165, 1.54) is 0 Å². The van der Waals surface area contributed by atoms with Gasteiger partial charge in [-0.25, -0.2) is 0 Å². The lowest BCUT2D eigenvalue weighted by atomic mass is 10.1. The molecule has 1 aromatic carbocycles. The maximum Gasteiger partial charge on any atom is 0.251 e. The second kappa shape index (κ2) is 8.50. The molecule has 19 heavy (non-hydrogen) atoms. The Kier molecular flexibility index (Phi) is 7.79. The SMILES string of the molecule is Cc1ccc(C(=O)NCCNC(=O)C(C)N)cc1.Cl. The molecular formula is C13H20ClN3O2. The van der Waals surface area contributed by atoms with E-state index in [-0.39, 0.29) is 24.2 Å². The molecule has 1 rings (SSSR count). The minimum absolute atomic E-state index is 0. The number of amides is 2. The highest BCUT2D eigenvalue weighted by Gasteiger charge is 2.07. The van der Waals surface area contributed by atoms with Crippen molar-refractivity contribution in [1.82, 2.24) is 10.6 Å². The number of carbonyl (C=O) groups is 2. The van der Waals surface area contributed by atoms with Gasteiger partial charge >= 0.3 is 0 Å². The lowest BCUT2D eigenvalue weighted by Crippen LogP contribution is -2.42. The van der Waals surface area contributed by atoms with Crippen LogP contribution in [0.1, 0.15) is 22.8 Å². The molecule has 0 bridgehead atoms. The van der Waals surface area contributed by atoms with Crippen molar-refractivity contribution >= 4 is 24.2 Å². The predicted molar refractivity (Wildman–Crippen MR) is 77.4 cm³/mol. The van der Waals surface area contributed by atoms with E-state index < -0.39 is 6.04 Å². The van der Waals surface area contributed by atoms with E-state index in [0.29, 0.717) is 18.7 Å². The number of aryl methyl sites for hydroxylation is 1. The molecule has 0 heterocycles. The molecule has 0 saturated heterocycles. The second-order valence-electron chi connectivity index (χ2n) is 4.20. The van der Waals surface area contributed by atoms with Crippen LogP contribution in [-0.4, -0.2) is 30.9 Å². The van der Waals surface area contributed by atoms with Gasteiger partial charge in [0.2, 0.25) is 5.91 Å². The van der Waals surface area contributed by atoms with Crippen LogP contribution in [0.4, 0.5) is 0 Å². The summed E-state index contributed by atoms with van der Waals surface area (Å²) in [5, 5.41) is 5.34. The van der Waals surface area contributed by atoms with Gasteiger partial charge in [-0.15, -0.1) is 12.4 Å². The first-order valence-electron chi connectivity index (χ1n) is 5.89. The van der Waals surface area contributed by atoms with Gasteiger partial charge in [0.05, 0.1) is 6.04 Å². The minimum atomic E-state index is -0.530. The molecule has 4 N–H and O–H groups in total. The third kappa shape index (κ3) is 6.22. The zero-order valence-corrected chi connectivity index (χ0v) is 11.9. The average molecular weight is 286 g/mol. The number of carbonyl (C=O) groups excluding carboxylic acids is 2. The van der Waals surface area contributed by atoms with Gasteiger partial charge in [-0.3, -0.25) is 9.59 Å². The highest BCUT2D eigenvalue weighted by atomic mass is 35.5. The molecule has 6 heteroatoms. The Bertz CT molecular complexity index is 418. The normalized spacial score (nSPS) is 11.1. The minimum Gasteiger partial charge on any atom is -0.353 e. The van der Waals surface area contributed by atoms with Gasteiger partial charge in [0.15, 0.2) is 0 Å². The summed E-state index contributed by atoms with van der Waals surface area (Å²) in [5.74, 6) is -0.371. The van der Waals surface area contributed by atoms with Crippen LogP contribution in [0, 0.1) is 6.92 Å². The Hall–Kier alpha value is -1.59. The van der Waals surface area contributed by atoms with Crippen molar-refractivity contribution in [3.63, 3.8) is 0 Å². The van der Waals surface area contributed by atoms with Gasteiger partial charge in [-0.1, -0.05) is 17.7 Å². The molecule has 1 aromatic rings. The van der Waals surface area contributed by atoms with Gasteiger partial charge in [-0.05, 0) is 26.0 Å². The van der Waals surface area contributed by atoms with Crippen LogP contribution in [0.5, 0.6) is 0 Å². The van der Waals surface area contributed by atoms with Crippen molar-refractivity contribution in [2.75, 3.05) is 13.1 Å². The van der Waals surface area contributed by atoms with Crippen LogP contribution in [0.15, 0.2) is 24.3 Å².